The van der Waals surface area contributed by atoms with Gasteiger partial charge >= 0.3 is 0 Å². The third kappa shape index (κ3) is 4.21. The van der Waals surface area contributed by atoms with Gasteiger partial charge in [0, 0.05) is 19.0 Å². The highest BCUT2D eigenvalue weighted by molar-refractivity contribution is 5.79. The average molecular weight is 280 g/mol. The van der Waals surface area contributed by atoms with Crippen LogP contribution in [0.15, 0.2) is 0 Å². The van der Waals surface area contributed by atoms with E-state index in [2.05, 4.69) is 17.1 Å². The number of hydrogen-bond acceptors (Lipinski definition) is 2. The number of unbranched alkanes of at least 4 members (excludes halogenated alkanes) is 1. The van der Waals surface area contributed by atoms with Crippen molar-refractivity contribution in [1.82, 2.24) is 10.2 Å². The number of hydrogen-bond donors (Lipinski definition) is 1. The minimum Gasteiger partial charge on any atom is -0.342 e. The maximum Gasteiger partial charge on any atom is 0.225 e. The van der Waals surface area contributed by atoms with E-state index in [0.29, 0.717) is 17.7 Å². The second-order valence-electron chi connectivity index (χ2n) is 6.86. The summed E-state index contributed by atoms with van der Waals surface area (Å²) in [5, 5.41) is 3.24. The van der Waals surface area contributed by atoms with Crippen LogP contribution >= 0.6 is 0 Å². The van der Waals surface area contributed by atoms with Crippen molar-refractivity contribution in [2.24, 2.45) is 17.8 Å². The van der Waals surface area contributed by atoms with Gasteiger partial charge in [-0.2, -0.15) is 0 Å². The van der Waals surface area contributed by atoms with Crippen LogP contribution in [0.3, 0.4) is 0 Å². The van der Waals surface area contributed by atoms with Crippen LogP contribution in [0.25, 0.3) is 0 Å². The first-order chi connectivity index (χ1) is 9.74. The highest BCUT2D eigenvalue weighted by atomic mass is 16.2. The van der Waals surface area contributed by atoms with Crippen LogP contribution in [0.5, 0.6) is 0 Å². The van der Waals surface area contributed by atoms with Gasteiger partial charge in [0.05, 0.1) is 0 Å². The number of likely N-dealkylation sites (tertiary alicyclic amines) is 1. The first-order valence-electron chi connectivity index (χ1n) is 8.68. The number of rotatable bonds is 6. The highest BCUT2D eigenvalue weighted by Crippen LogP contribution is 2.33. The Morgan fingerprint density at radius 3 is 2.55 bits per heavy atom. The first kappa shape index (κ1) is 15.8. The fraction of sp³-hybridized carbons (Fsp3) is 0.941. The summed E-state index contributed by atoms with van der Waals surface area (Å²) in [7, 11) is 2.00. The van der Waals surface area contributed by atoms with Crippen LogP contribution in [-0.2, 0) is 4.79 Å². The average Bonchev–Trinajstić information content (AvgIpc) is 2.94. The van der Waals surface area contributed by atoms with E-state index >= 15 is 0 Å². The van der Waals surface area contributed by atoms with Gasteiger partial charge in [0.25, 0.3) is 0 Å². The Bertz CT molecular complexity index is 297. The summed E-state index contributed by atoms with van der Waals surface area (Å²) in [6.45, 7) is 5.29. The summed E-state index contributed by atoms with van der Waals surface area (Å²) < 4.78 is 0. The van der Waals surface area contributed by atoms with Gasteiger partial charge in [-0.15, -0.1) is 0 Å². The van der Waals surface area contributed by atoms with Gasteiger partial charge in [0.2, 0.25) is 5.91 Å². The van der Waals surface area contributed by atoms with E-state index < -0.39 is 0 Å². The van der Waals surface area contributed by atoms with Crippen molar-refractivity contribution < 1.29 is 4.79 Å². The Labute approximate surface area is 124 Å². The largest absolute Gasteiger partial charge is 0.342 e. The molecule has 1 N–H and O–H groups in total. The Morgan fingerprint density at radius 2 is 1.90 bits per heavy atom. The fourth-order valence-electron chi connectivity index (χ4n) is 3.94. The van der Waals surface area contributed by atoms with Gasteiger partial charge in [-0.25, -0.2) is 0 Å². The Morgan fingerprint density at radius 1 is 1.15 bits per heavy atom. The van der Waals surface area contributed by atoms with Gasteiger partial charge in [-0.05, 0) is 57.5 Å². The molecule has 1 saturated carbocycles. The van der Waals surface area contributed by atoms with Crippen LogP contribution in [0.2, 0.25) is 0 Å². The predicted molar refractivity (Wildman–Crippen MR) is 83.6 cm³/mol. The lowest BCUT2D eigenvalue weighted by molar-refractivity contribution is -0.135. The maximum absolute atomic E-state index is 12.6. The van der Waals surface area contributed by atoms with E-state index in [1.54, 1.807) is 0 Å². The monoisotopic (exact) mass is 280 g/mol. The molecule has 0 spiro atoms. The lowest BCUT2D eigenvalue weighted by atomic mass is 9.79. The van der Waals surface area contributed by atoms with Crippen LogP contribution in [0.4, 0.5) is 0 Å². The molecule has 1 unspecified atom stereocenters. The molecule has 1 aliphatic carbocycles. The Balaban J connectivity index is 1.72. The molecule has 0 radical (unpaired) electrons. The molecular weight excluding hydrogens is 248 g/mol. The van der Waals surface area contributed by atoms with Gasteiger partial charge in [-0.3, -0.25) is 4.79 Å². The van der Waals surface area contributed by atoms with Crippen molar-refractivity contribution in [3.8, 4) is 0 Å². The third-order valence-electron chi connectivity index (χ3n) is 5.25. The molecule has 2 aliphatic rings. The standard InChI is InChI=1S/C17H32N2O/c1-3-4-5-14-6-8-16(9-7-14)17(20)19-11-10-15(13-19)12-18-2/h14-16,18H,3-13H2,1-2H3. The van der Waals surface area contributed by atoms with Gasteiger partial charge in [0.1, 0.15) is 0 Å². The molecule has 116 valence electrons. The maximum atomic E-state index is 12.6. The molecule has 0 bridgehead atoms. The lowest BCUT2D eigenvalue weighted by Crippen LogP contribution is -2.36. The fourth-order valence-corrected chi connectivity index (χ4v) is 3.94. The SMILES string of the molecule is CCCCC1CCC(C(=O)N2CCC(CNC)C2)CC1. The molecule has 1 aliphatic heterocycles. The second kappa shape index (κ2) is 8.02. The normalized spacial score (nSPS) is 30.7. The van der Waals surface area contributed by atoms with Crippen molar-refractivity contribution in [3.05, 3.63) is 0 Å². The molecule has 20 heavy (non-hydrogen) atoms. The quantitative estimate of drug-likeness (QED) is 0.811. The number of nitrogens with one attached hydrogen (secondary N) is 1. The molecule has 3 nitrogen and oxygen atoms in total. The molecule has 0 aromatic rings. The number of carbonyl (C=O) groups is 1. The van der Waals surface area contributed by atoms with E-state index in [1.165, 1.54) is 38.5 Å². The third-order valence-corrected chi connectivity index (χ3v) is 5.25. The molecule has 1 amide bonds. The zero-order chi connectivity index (χ0) is 14.4. The highest BCUT2D eigenvalue weighted by Gasteiger charge is 2.32. The second-order valence-corrected chi connectivity index (χ2v) is 6.86. The molecule has 1 heterocycles. The molecule has 0 aromatic heterocycles. The molecule has 1 saturated heterocycles. The molecule has 2 rings (SSSR count). The Kier molecular flexibility index (Phi) is 6.34. The number of nitrogens with zero attached hydrogens (tertiary/aromatic N) is 1. The summed E-state index contributed by atoms with van der Waals surface area (Å²) in [6, 6.07) is 0. The van der Waals surface area contributed by atoms with Crippen molar-refractivity contribution in [2.75, 3.05) is 26.7 Å². The van der Waals surface area contributed by atoms with Crippen LogP contribution in [0.1, 0.15) is 58.3 Å². The predicted octanol–water partition coefficient (Wildman–Crippen LogP) is 3.05. The first-order valence-corrected chi connectivity index (χ1v) is 8.68. The molecular formula is C17H32N2O. The van der Waals surface area contributed by atoms with E-state index in [0.717, 1.165) is 38.4 Å². The van der Waals surface area contributed by atoms with Crippen molar-refractivity contribution in [1.29, 1.82) is 0 Å². The molecule has 0 aromatic carbocycles. The summed E-state index contributed by atoms with van der Waals surface area (Å²) >= 11 is 0. The minimum atomic E-state index is 0.334. The Hall–Kier alpha value is -0.570. The lowest BCUT2D eigenvalue weighted by Gasteiger charge is -2.30. The van der Waals surface area contributed by atoms with E-state index in [4.69, 9.17) is 0 Å². The molecule has 3 heteroatoms. The van der Waals surface area contributed by atoms with Crippen LogP contribution in [-0.4, -0.2) is 37.5 Å². The van der Waals surface area contributed by atoms with Crippen LogP contribution in [0, 0.1) is 17.8 Å². The molecule has 2 fully saturated rings. The topological polar surface area (TPSA) is 32.3 Å². The number of carbonyl (C=O) groups excluding carboxylic acids is 1. The number of amides is 1. The summed E-state index contributed by atoms with van der Waals surface area (Å²) in [5.74, 6) is 2.36. The van der Waals surface area contributed by atoms with Crippen molar-refractivity contribution in [2.45, 2.75) is 58.3 Å². The van der Waals surface area contributed by atoms with E-state index in [-0.39, 0.29) is 0 Å². The minimum absolute atomic E-state index is 0.334. The molecule has 1 atom stereocenters. The van der Waals surface area contributed by atoms with E-state index in [1.807, 2.05) is 7.05 Å². The van der Waals surface area contributed by atoms with Crippen LogP contribution < -0.4 is 5.32 Å². The summed E-state index contributed by atoms with van der Waals surface area (Å²) in [4.78, 5) is 14.7. The summed E-state index contributed by atoms with van der Waals surface area (Å²) in [6.07, 6.45) is 10.1. The van der Waals surface area contributed by atoms with Gasteiger partial charge in [-0.1, -0.05) is 26.2 Å². The van der Waals surface area contributed by atoms with E-state index in [9.17, 15) is 4.79 Å². The zero-order valence-corrected chi connectivity index (χ0v) is 13.4. The van der Waals surface area contributed by atoms with Crippen molar-refractivity contribution in [3.63, 3.8) is 0 Å². The van der Waals surface area contributed by atoms with Gasteiger partial charge in [0.15, 0.2) is 0 Å². The van der Waals surface area contributed by atoms with Crippen molar-refractivity contribution >= 4 is 5.91 Å². The summed E-state index contributed by atoms with van der Waals surface area (Å²) in [5.41, 5.74) is 0. The zero-order valence-electron chi connectivity index (χ0n) is 13.4. The smallest absolute Gasteiger partial charge is 0.225 e. The van der Waals surface area contributed by atoms with Gasteiger partial charge < -0.3 is 10.2 Å².